The molecule has 0 aliphatic rings. The highest BCUT2D eigenvalue weighted by Gasteiger charge is 2.24. The third kappa shape index (κ3) is 5.09. The van der Waals surface area contributed by atoms with E-state index in [1.807, 2.05) is 6.07 Å². The lowest BCUT2D eigenvalue weighted by atomic mass is 9.82. The van der Waals surface area contributed by atoms with E-state index >= 15 is 0 Å². The molecule has 0 aliphatic carbocycles. The number of rotatable bonds is 4. The third-order valence-electron chi connectivity index (χ3n) is 3.08. The molecule has 2 nitrogen and oxygen atoms in total. The van der Waals surface area contributed by atoms with Crippen molar-refractivity contribution in [3.05, 3.63) is 29.3 Å². The molecule has 2 heteroatoms. The Hall–Kier alpha value is -1.02. The quantitative estimate of drug-likeness (QED) is 0.794. The van der Waals surface area contributed by atoms with Crippen LogP contribution in [0.3, 0.4) is 0 Å². The fourth-order valence-corrected chi connectivity index (χ4v) is 2.58. The van der Waals surface area contributed by atoms with E-state index in [2.05, 4.69) is 59.0 Å². The Morgan fingerprint density at radius 1 is 1.11 bits per heavy atom. The fraction of sp³-hybridized carbons (Fsp3) is 0.625. The molecule has 0 fully saturated rings. The Morgan fingerprint density at radius 3 is 2.22 bits per heavy atom. The molecule has 0 aliphatic heterocycles. The maximum absolute atomic E-state index is 5.83. The minimum atomic E-state index is 0.146. The zero-order valence-corrected chi connectivity index (χ0v) is 12.7. The van der Waals surface area contributed by atoms with Crippen LogP contribution in [0.15, 0.2) is 18.2 Å². The van der Waals surface area contributed by atoms with Gasteiger partial charge in [0.05, 0.1) is 0 Å². The third-order valence-corrected chi connectivity index (χ3v) is 3.08. The van der Waals surface area contributed by atoms with Crippen LogP contribution in [0.25, 0.3) is 0 Å². The summed E-state index contributed by atoms with van der Waals surface area (Å²) in [5.74, 6) is 0. The van der Waals surface area contributed by atoms with Crippen LogP contribution in [0.1, 0.15) is 52.2 Å². The van der Waals surface area contributed by atoms with Crippen molar-refractivity contribution in [1.29, 1.82) is 0 Å². The number of nitrogen functional groups attached to an aromatic ring is 1. The van der Waals surface area contributed by atoms with Crippen molar-refractivity contribution in [3.8, 4) is 0 Å². The largest absolute Gasteiger partial charge is 0.399 e. The first-order valence-electron chi connectivity index (χ1n) is 6.69. The average Bonchev–Trinajstić information content (AvgIpc) is 2.16. The second-order valence-corrected chi connectivity index (χ2v) is 7.17. The van der Waals surface area contributed by atoms with Gasteiger partial charge in [-0.2, -0.15) is 0 Å². The van der Waals surface area contributed by atoms with Gasteiger partial charge in [-0.05, 0) is 49.8 Å². The predicted molar refractivity (Wildman–Crippen MR) is 80.6 cm³/mol. The second-order valence-electron chi connectivity index (χ2n) is 7.17. The Kier molecular flexibility index (Phi) is 4.44. The molecular weight excluding hydrogens is 220 g/mol. The molecule has 0 spiro atoms. The zero-order chi connectivity index (χ0) is 14.0. The lowest BCUT2D eigenvalue weighted by Gasteiger charge is -2.33. The Morgan fingerprint density at radius 2 is 1.72 bits per heavy atom. The van der Waals surface area contributed by atoms with E-state index in [0.29, 0.717) is 5.41 Å². The molecule has 18 heavy (non-hydrogen) atoms. The molecule has 0 aromatic heterocycles. The minimum absolute atomic E-state index is 0.146. The van der Waals surface area contributed by atoms with Gasteiger partial charge in [0.15, 0.2) is 0 Å². The van der Waals surface area contributed by atoms with E-state index in [4.69, 9.17) is 5.73 Å². The van der Waals surface area contributed by atoms with E-state index in [-0.39, 0.29) is 5.54 Å². The Bertz CT molecular complexity index is 400. The maximum Gasteiger partial charge on any atom is 0.0343 e. The monoisotopic (exact) mass is 248 g/mol. The summed E-state index contributed by atoms with van der Waals surface area (Å²) in [7, 11) is 0. The Balaban J connectivity index is 2.61. The van der Waals surface area contributed by atoms with Gasteiger partial charge in [-0.1, -0.05) is 32.9 Å². The van der Waals surface area contributed by atoms with Crippen molar-refractivity contribution in [2.24, 2.45) is 5.41 Å². The highest BCUT2D eigenvalue weighted by atomic mass is 15.0. The SMILES string of the molecule is Cc1cc(CNC(C)(C)CC(C)(C)C)ccc1N. The maximum atomic E-state index is 5.83. The predicted octanol–water partition coefficient (Wildman–Crippen LogP) is 3.88. The highest BCUT2D eigenvalue weighted by Crippen LogP contribution is 2.27. The van der Waals surface area contributed by atoms with Crippen molar-refractivity contribution in [2.75, 3.05) is 5.73 Å². The molecule has 0 heterocycles. The van der Waals surface area contributed by atoms with Crippen LogP contribution in [-0.4, -0.2) is 5.54 Å². The van der Waals surface area contributed by atoms with E-state index in [9.17, 15) is 0 Å². The summed E-state index contributed by atoms with van der Waals surface area (Å²) in [6, 6.07) is 6.25. The summed E-state index contributed by atoms with van der Waals surface area (Å²) in [5, 5.41) is 3.64. The molecular formula is C16H28N2. The molecule has 0 saturated heterocycles. The summed E-state index contributed by atoms with van der Waals surface area (Å²) in [6.45, 7) is 14.3. The topological polar surface area (TPSA) is 38.0 Å². The zero-order valence-electron chi connectivity index (χ0n) is 12.7. The lowest BCUT2D eigenvalue weighted by molar-refractivity contribution is 0.241. The number of aryl methyl sites for hydroxylation is 1. The van der Waals surface area contributed by atoms with Crippen LogP contribution in [0, 0.1) is 12.3 Å². The summed E-state index contributed by atoms with van der Waals surface area (Å²) >= 11 is 0. The molecule has 0 saturated carbocycles. The van der Waals surface area contributed by atoms with Crippen LogP contribution < -0.4 is 11.1 Å². The number of nitrogens with two attached hydrogens (primary N) is 1. The van der Waals surface area contributed by atoms with Gasteiger partial charge >= 0.3 is 0 Å². The van der Waals surface area contributed by atoms with E-state index in [1.165, 1.54) is 5.56 Å². The van der Waals surface area contributed by atoms with Crippen molar-refractivity contribution < 1.29 is 0 Å². The molecule has 1 rings (SSSR count). The van der Waals surface area contributed by atoms with Crippen molar-refractivity contribution in [1.82, 2.24) is 5.32 Å². The number of hydrogen-bond acceptors (Lipinski definition) is 2. The first-order valence-corrected chi connectivity index (χ1v) is 6.69. The summed E-state index contributed by atoms with van der Waals surface area (Å²) in [6.07, 6.45) is 1.15. The smallest absolute Gasteiger partial charge is 0.0343 e. The highest BCUT2D eigenvalue weighted by molar-refractivity contribution is 5.47. The van der Waals surface area contributed by atoms with Crippen LogP contribution in [-0.2, 0) is 6.54 Å². The number of hydrogen-bond donors (Lipinski definition) is 2. The summed E-state index contributed by atoms with van der Waals surface area (Å²) in [4.78, 5) is 0. The molecule has 0 unspecified atom stereocenters. The second kappa shape index (κ2) is 5.31. The molecule has 1 aromatic carbocycles. The van der Waals surface area contributed by atoms with Crippen molar-refractivity contribution >= 4 is 5.69 Å². The number of nitrogens with one attached hydrogen (secondary N) is 1. The van der Waals surface area contributed by atoms with Gasteiger partial charge < -0.3 is 11.1 Å². The summed E-state index contributed by atoms with van der Waals surface area (Å²) in [5.41, 5.74) is 9.64. The van der Waals surface area contributed by atoms with E-state index in [0.717, 1.165) is 24.2 Å². The standard InChI is InChI=1S/C16H28N2/c1-12-9-13(7-8-14(12)17)10-18-16(5,6)11-15(2,3)4/h7-9,18H,10-11,17H2,1-6H3. The molecule has 0 bridgehead atoms. The molecule has 1 aromatic rings. The first kappa shape index (κ1) is 15.0. The fourth-order valence-electron chi connectivity index (χ4n) is 2.58. The van der Waals surface area contributed by atoms with Crippen molar-refractivity contribution in [2.45, 2.75) is 60.0 Å². The van der Waals surface area contributed by atoms with Gasteiger partial charge in [-0.15, -0.1) is 0 Å². The van der Waals surface area contributed by atoms with Crippen LogP contribution in [0.2, 0.25) is 0 Å². The molecule has 0 atom stereocenters. The first-order chi connectivity index (χ1) is 8.09. The Labute approximate surface area is 112 Å². The van der Waals surface area contributed by atoms with Crippen LogP contribution >= 0.6 is 0 Å². The summed E-state index contributed by atoms with van der Waals surface area (Å²) < 4.78 is 0. The van der Waals surface area contributed by atoms with Gasteiger partial charge in [-0.3, -0.25) is 0 Å². The van der Waals surface area contributed by atoms with Gasteiger partial charge in [-0.25, -0.2) is 0 Å². The molecule has 0 amide bonds. The van der Waals surface area contributed by atoms with Gasteiger partial charge in [0.1, 0.15) is 0 Å². The van der Waals surface area contributed by atoms with Crippen molar-refractivity contribution in [3.63, 3.8) is 0 Å². The van der Waals surface area contributed by atoms with Gasteiger partial charge in [0, 0.05) is 17.8 Å². The lowest BCUT2D eigenvalue weighted by Crippen LogP contribution is -2.41. The normalized spacial score (nSPS) is 12.8. The van der Waals surface area contributed by atoms with Crippen LogP contribution in [0.5, 0.6) is 0 Å². The molecule has 102 valence electrons. The molecule has 0 radical (unpaired) electrons. The van der Waals surface area contributed by atoms with E-state index in [1.54, 1.807) is 0 Å². The number of benzene rings is 1. The number of anilines is 1. The van der Waals surface area contributed by atoms with Gasteiger partial charge in [0.2, 0.25) is 0 Å². The van der Waals surface area contributed by atoms with Gasteiger partial charge in [0.25, 0.3) is 0 Å². The minimum Gasteiger partial charge on any atom is -0.399 e. The molecule has 3 N–H and O–H groups in total. The van der Waals surface area contributed by atoms with E-state index < -0.39 is 0 Å². The van der Waals surface area contributed by atoms with Crippen LogP contribution in [0.4, 0.5) is 5.69 Å². The average molecular weight is 248 g/mol.